The van der Waals surface area contributed by atoms with Gasteiger partial charge in [0.1, 0.15) is 9.88 Å². The van der Waals surface area contributed by atoms with E-state index in [1.54, 1.807) is 6.92 Å². The molecular formula is C15H22N2O3S. The number of nitrogens with zero attached hydrogens (tertiary/aromatic N) is 1. The number of aromatic carboxylic acids is 1. The Morgan fingerprint density at radius 3 is 2.19 bits per heavy atom. The third-order valence-electron chi connectivity index (χ3n) is 5.02. The summed E-state index contributed by atoms with van der Waals surface area (Å²) in [5.41, 5.74) is 0.472. The molecule has 0 radical (unpaired) electrons. The summed E-state index contributed by atoms with van der Waals surface area (Å²) in [6, 6.07) is -0.276. The quantitative estimate of drug-likeness (QED) is 0.896. The topological polar surface area (TPSA) is 79.3 Å². The smallest absolute Gasteiger partial charge is 0.347 e. The van der Waals surface area contributed by atoms with Gasteiger partial charge < -0.3 is 10.4 Å². The normalized spacial score (nSPS) is 20.9. The van der Waals surface area contributed by atoms with Gasteiger partial charge in [0.05, 0.1) is 11.7 Å². The minimum Gasteiger partial charge on any atom is -0.477 e. The maximum Gasteiger partial charge on any atom is 0.347 e. The van der Waals surface area contributed by atoms with Crippen LogP contribution in [0.3, 0.4) is 0 Å². The van der Waals surface area contributed by atoms with E-state index in [2.05, 4.69) is 38.0 Å². The molecule has 1 saturated carbocycles. The summed E-state index contributed by atoms with van der Waals surface area (Å²) in [6.45, 7) is 11.9. The summed E-state index contributed by atoms with van der Waals surface area (Å²) in [6.07, 6.45) is 0. The molecule has 0 bridgehead atoms. The molecule has 0 saturated heterocycles. The van der Waals surface area contributed by atoms with Crippen molar-refractivity contribution >= 4 is 23.2 Å². The molecule has 1 aromatic heterocycles. The zero-order valence-corrected chi connectivity index (χ0v) is 14.1. The first-order valence-electron chi connectivity index (χ1n) is 7.01. The second-order valence-corrected chi connectivity index (χ2v) is 7.91. The Balaban J connectivity index is 2.09. The van der Waals surface area contributed by atoms with E-state index in [4.69, 9.17) is 5.11 Å². The fraction of sp³-hybridized carbons (Fsp3) is 0.667. The van der Waals surface area contributed by atoms with Crippen LogP contribution in [0.5, 0.6) is 0 Å². The van der Waals surface area contributed by atoms with Crippen molar-refractivity contribution in [2.45, 2.75) is 47.6 Å². The van der Waals surface area contributed by atoms with Gasteiger partial charge in [-0.05, 0) is 24.7 Å². The summed E-state index contributed by atoms with van der Waals surface area (Å²) in [5.74, 6) is -0.978. The summed E-state index contributed by atoms with van der Waals surface area (Å²) < 4.78 is 0. The lowest BCUT2D eigenvalue weighted by molar-refractivity contribution is -0.124. The minimum absolute atomic E-state index is 0.0121. The molecule has 1 aliphatic rings. The molecule has 1 unspecified atom stereocenters. The lowest BCUT2D eigenvalue weighted by atomic mass is 10.0. The number of rotatable bonds is 4. The van der Waals surface area contributed by atoms with E-state index in [0.717, 1.165) is 11.3 Å². The van der Waals surface area contributed by atoms with E-state index >= 15 is 0 Å². The highest BCUT2D eigenvalue weighted by molar-refractivity contribution is 7.13. The third kappa shape index (κ3) is 2.46. The number of thiazole rings is 1. The number of aryl methyl sites for hydroxylation is 1. The van der Waals surface area contributed by atoms with Crippen LogP contribution in [0.15, 0.2) is 0 Å². The molecule has 21 heavy (non-hydrogen) atoms. The molecule has 0 aliphatic heterocycles. The van der Waals surface area contributed by atoms with Crippen molar-refractivity contribution in [3.63, 3.8) is 0 Å². The number of aromatic nitrogens is 1. The number of amides is 1. The highest BCUT2D eigenvalue weighted by Crippen LogP contribution is 2.68. The molecular weight excluding hydrogens is 288 g/mol. The van der Waals surface area contributed by atoms with Gasteiger partial charge in [0.15, 0.2) is 0 Å². The van der Waals surface area contributed by atoms with E-state index in [1.165, 1.54) is 0 Å². The number of hydrogen-bond donors (Lipinski definition) is 2. The largest absolute Gasteiger partial charge is 0.477 e. The van der Waals surface area contributed by atoms with E-state index < -0.39 is 5.97 Å². The van der Waals surface area contributed by atoms with Crippen LogP contribution in [-0.4, -0.2) is 22.0 Å². The molecule has 0 spiro atoms. The van der Waals surface area contributed by atoms with Crippen LogP contribution >= 0.6 is 11.3 Å². The molecule has 1 aliphatic carbocycles. The number of carboxylic acid groups (broad SMARTS) is 1. The van der Waals surface area contributed by atoms with Crippen LogP contribution in [0, 0.1) is 23.7 Å². The summed E-state index contributed by atoms with van der Waals surface area (Å²) in [7, 11) is 0. The van der Waals surface area contributed by atoms with Gasteiger partial charge in [-0.3, -0.25) is 4.79 Å². The van der Waals surface area contributed by atoms with Gasteiger partial charge in [0.2, 0.25) is 5.91 Å². The Bertz CT molecular complexity index is 590. The van der Waals surface area contributed by atoms with Crippen LogP contribution in [0.4, 0.5) is 0 Å². The van der Waals surface area contributed by atoms with Gasteiger partial charge in [0, 0.05) is 5.92 Å². The number of hydrogen-bond acceptors (Lipinski definition) is 4. The predicted octanol–water partition coefficient (Wildman–Crippen LogP) is 3.01. The zero-order valence-electron chi connectivity index (χ0n) is 13.3. The average Bonchev–Trinajstić information content (AvgIpc) is 2.63. The Labute approximate surface area is 128 Å². The lowest BCUT2D eigenvalue weighted by Crippen LogP contribution is -2.30. The van der Waals surface area contributed by atoms with Crippen molar-refractivity contribution < 1.29 is 14.7 Å². The molecule has 1 atom stereocenters. The molecule has 116 valence electrons. The van der Waals surface area contributed by atoms with Crippen molar-refractivity contribution in [1.82, 2.24) is 10.3 Å². The van der Waals surface area contributed by atoms with Gasteiger partial charge in [0.25, 0.3) is 0 Å². The Hall–Kier alpha value is -1.43. The van der Waals surface area contributed by atoms with Gasteiger partial charge in [-0.15, -0.1) is 11.3 Å². The lowest BCUT2D eigenvalue weighted by Gasteiger charge is -2.12. The number of carbonyl (C=O) groups excluding carboxylic acids is 1. The highest BCUT2D eigenvalue weighted by atomic mass is 32.1. The molecule has 0 aromatic carbocycles. The maximum atomic E-state index is 12.4. The van der Waals surface area contributed by atoms with Crippen LogP contribution in [0.2, 0.25) is 0 Å². The van der Waals surface area contributed by atoms with Crippen LogP contribution < -0.4 is 5.32 Å². The van der Waals surface area contributed by atoms with Gasteiger partial charge in [-0.1, -0.05) is 27.7 Å². The number of nitrogens with one attached hydrogen (secondary N) is 1. The van der Waals surface area contributed by atoms with E-state index in [9.17, 15) is 9.59 Å². The number of carbonyl (C=O) groups is 2. The second-order valence-electron chi connectivity index (χ2n) is 6.88. The fourth-order valence-corrected chi connectivity index (χ4v) is 3.92. The van der Waals surface area contributed by atoms with Crippen LogP contribution in [-0.2, 0) is 4.79 Å². The van der Waals surface area contributed by atoms with Crippen molar-refractivity contribution in [2.24, 2.45) is 16.7 Å². The van der Waals surface area contributed by atoms with E-state index in [-0.39, 0.29) is 33.6 Å². The van der Waals surface area contributed by atoms with Crippen molar-refractivity contribution in [1.29, 1.82) is 0 Å². The monoisotopic (exact) mass is 310 g/mol. The Morgan fingerprint density at radius 1 is 1.29 bits per heavy atom. The molecule has 1 aromatic rings. The summed E-state index contributed by atoms with van der Waals surface area (Å²) in [4.78, 5) is 27.9. The zero-order chi connectivity index (χ0) is 16.2. The van der Waals surface area contributed by atoms with Gasteiger partial charge >= 0.3 is 5.97 Å². The van der Waals surface area contributed by atoms with Gasteiger partial charge in [-0.2, -0.15) is 0 Å². The molecule has 1 amide bonds. The van der Waals surface area contributed by atoms with Crippen LogP contribution in [0.25, 0.3) is 0 Å². The van der Waals surface area contributed by atoms with E-state index in [0.29, 0.717) is 10.7 Å². The van der Waals surface area contributed by atoms with Gasteiger partial charge in [-0.25, -0.2) is 9.78 Å². The SMILES string of the molecule is Cc1nc(C(C)NC(=O)C2C(C)(C)C2(C)C)sc1C(=O)O. The molecule has 1 fully saturated rings. The summed E-state index contributed by atoms with van der Waals surface area (Å²) >= 11 is 1.12. The Morgan fingerprint density at radius 2 is 1.81 bits per heavy atom. The minimum atomic E-state index is -0.973. The maximum absolute atomic E-state index is 12.4. The van der Waals surface area contributed by atoms with Crippen molar-refractivity contribution in [2.75, 3.05) is 0 Å². The first-order valence-corrected chi connectivity index (χ1v) is 7.82. The third-order valence-corrected chi connectivity index (χ3v) is 6.35. The first kappa shape index (κ1) is 15.9. The van der Waals surface area contributed by atoms with Crippen molar-refractivity contribution in [3.8, 4) is 0 Å². The average molecular weight is 310 g/mol. The standard InChI is InChI=1S/C15H22N2O3S/c1-7-9(13(19)20)21-12(17-7)8(2)16-11(18)10-14(3,4)15(10,5)6/h8,10H,1-6H3,(H,16,18)(H,19,20). The van der Waals surface area contributed by atoms with Crippen molar-refractivity contribution in [3.05, 3.63) is 15.6 Å². The number of carboxylic acids is 1. The molecule has 1 heterocycles. The summed E-state index contributed by atoms with van der Waals surface area (Å²) in [5, 5.41) is 12.7. The molecule has 2 N–H and O–H groups in total. The predicted molar refractivity (Wildman–Crippen MR) is 81.4 cm³/mol. The Kier molecular flexibility index (Phi) is 3.64. The molecule has 2 rings (SSSR count). The van der Waals surface area contributed by atoms with Crippen LogP contribution in [0.1, 0.15) is 61.0 Å². The van der Waals surface area contributed by atoms with E-state index in [1.807, 2.05) is 6.92 Å². The molecule has 6 heteroatoms. The highest BCUT2D eigenvalue weighted by Gasteiger charge is 2.68. The second kappa shape index (κ2) is 4.80. The molecule has 5 nitrogen and oxygen atoms in total. The first-order chi connectivity index (χ1) is 9.50. The fourth-order valence-electron chi connectivity index (χ4n) is 3.01.